The smallest absolute Gasteiger partial charge is 0.174 e. The van der Waals surface area contributed by atoms with Crippen LogP contribution in [0.5, 0.6) is 0 Å². The zero-order chi connectivity index (χ0) is 18.4. The number of rotatable bonds is 5. The first-order valence-electron chi connectivity index (χ1n) is 8.05. The molecule has 0 aliphatic carbocycles. The lowest BCUT2D eigenvalue weighted by Crippen LogP contribution is -2.33. The molecule has 1 N–H and O–H groups in total. The zero-order valence-electron chi connectivity index (χ0n) is 13.9. The van der Waals surface area contributed by atoms with Crippen molar-refractivity contribution in [3.8, 4) is 0 Å². The average molecular weight is 447 g/mol. The van der Waals surface area contributed by atoms with E-state index in [1.165, 1.54) is 0 Å². The number of hydrogen-bond donors (Lipinski definition) is 1. The molecule has 0 spiro atoms. The Kier molecular flexibility index (Phi) is 6.61. The minimum atomic E-state index is 0.649. The van der Waals surface area contributed by atoms with Crippen LogP contribution < -0.4 is 5.32 Å². The summed E-state index contributed by atoms with van der Waals surface area (Å²) in [6.07, 6.45) is 3.62. The van der Waals surface area contributed by atoms with Crippen LogP contribution in [0.3, 0.4) is 0 Å². The van der Waals surface area contributed by atoms with Gasteiger partial charge in [0, 0.05) is 40.7 Å². The summed E-state index contributed by atoms with van der Waals surface area (Å²) >= 11 is 15.2. The number of aromatic nitrogens is 1. The summed E-state index contributed by atoms with van der Waals surface area (Å²) in [4.78, 5) is 6.29. The highest BCUT2D eigenvalue weighted by molar-refractivity contribution is 9.10. The molecule has 0 bridgehead atoms. The van der Waals surface area contributed by atoms with Gasteiger partial charge in [0.15, 0.2) is 5.11 Å². The van der Waals surface area contributed by atoms with Crippen LogP contribution in [0.4, 0.5) is 5.69 Å². The summed E-state index contributed by atoms with van der Waals surface area (Å²) in [5.41, 5.74) is 3.14. The van der Waals surface area contributed by atoms with Gasteiger partial charge < -0.3 is 10.2 Å². The van der Waals surface area contributed by atoms with Gasteiger partial charge in [-0.05, 0) is 65.8 Å². The number of nitrogens with zero attached hydrogens (tertiary/aromatic N) is 2. The predicted molar refractivity (Wildman–Crippen MR) is 115 cm³/mol. The maximum Gasteiger partial charge on any atom is 0.174 e. The van der Waals surface area contributed by atoms with Crippen LogP contribution in [0, 0.1) is 0 Å². The van der Waals surface area contributed by atoms with E-state index in [0.29, 0.717) is 18.2 Å². The molecular formula is C20H17BrClN3S. The quantitative estimate of drug-likeness (QED) is 0.494. The van der Waals surface area contributed by atoms with E-state index in [1.54, 1.807) is 6.20 Å². The molecule has 0 radical (unpaired) electrons. The van der Waals surface area contributed by atoms with E-state index in [9.17, 15) is 0 Å². The van der Waals surface area contributed by atoms with Crippen molar-refractivity contribution in [1.29, 1.82) is 0 Å². The van der Waals surface area contributed by atoms with Crippen LogP contribution in [-0.4, -0.2) is 15.0 Å². The lowest BCUT2D eigenvalue weighted by molar-refractivity contribution is 0.412. The molecule has 1 aromatic heterocycles. The lowest BCUT2D eigenvalue weighted by atomic mass is 10.2. The molecule has 0 saturated carbocycles. The molecule has 0 saturated heterocycles. The highest BCUT2D eigenvalue weighted by Gasteiger charge is 2.12. The Balaban J connectivity index is 1.79. The molecule has 0 unspecified atom stereocenters. The van der Waals surface area contributed by atoms with Gasteiger partial charge in [-0.2, -0.15) is 0 Å². The number of halogens is 2. The van der Waals surface area contributed by atoms with Gasteiger partial charge >= 0.3 is 0 Å². The summed E-state index contributed by atoms with van der Waals surface area (Å²) in [7, 11) is 0. The van der Waals surface area contributed by atoms with Crippen molar-refractivity contribution in [1.82, 2.24) is 9.88 Å². The first-order valence-corrected chi connectivity index (χ1v) is 9.63. The second-order valence-electron chi connectivity index (χ2n) is 5.78. The van der Waals surface area contributed by atoms with Crippen molar-refractivity contribution in [2.24, 2.45) is 0 Å². The normalized spacial score (nSPS) is 10.4. The highest BCUT2D eigenvalue weighted by Crippen LogP contribution is 2.18. The van der Waals surface area contributed by atoms with Gasteiger partial charge in [-0.1, -0.05) is 45.7 Å². The number of pyridine rings is 1. The van der Waals surface area contributed by atoms with Gasteiger partial charge in [0.05, 0.1) is 0 Å². The molecular weight excluding hydrogens is 430 g/mol. The third-order valence-corrected chi connectivity index (χ3v) is 4.87. The maximum atomic E-state index is 6.13. The van der Waals surface area contributed by atoms with Crippen molar-refractivity contribution in [2.75, 3.05) is 5.32 Å². The van der Waals surface area contributed by atoms with Crippen LogP contribution >= 0.6 is 39.7 Å². The van der Waals surface area contributed by atoms with E-state index in [4.69, 9.17) is 23.8 Å². The molecule has 3 nitrogen and oxygen atoms in total. The Morgan fingerprint density at radius 3 is 2.46 bits per heavy atom. The Labute approximate surface area is 172 Å². The van der Waals surface area contributed by atoms with Gasteiger partial charge in [0.25, 0.3) is 0 Å². The summed E-state index contributed by atoms with van der Waals surface area (Å²) < 4.78 is 1.03. The van der Waals surface area contributed by atoms with E-state index < -0.39 is 0 Å². The van der Waals surface area contributed by atoms with Crippen LogP contribution in [0.25, 0.3) is 0 Å². The fourth-order valence-electron chi connectivity index (χ4n) is 2.50. The van der Waals surface area contributed by atoms with Gasteiger partial charge in [0.2, 0.25) is 0 Å². The van der Waals surface area contributed by atoms with E-state index in [2.05, 4.69) is 31.1 Å². The van der Waals surface area contributed by atoms with Crippen LogP contribution in [0.2, 0.25) is 5.02 Å². The van der Waals surface area contributed by atoms with Crippen molar-refractivity contribution >= 4 is 50.5 Å². The van der Waals surface area contributed by atoms with Gasteiger partial charge in [0.1, 0.15) is 0 Å². The fourth-order valence-corrected chi connectivity index (χ4v) is 3.23. The molecule has 6 heteroatoms. The molecule has 26 heavy (non-hydrogen) atoms. The molecule has 1 heterocycles. The van der Waals surface area contributed by atoms with Crippen molar-refractivity contribution in [3.05, 3.63) is 93.7 Å². The summed E-state index contributed by atoms with van der Waals surface area (Å²) in [6.45, 7) is 1.31. The van der Waals surface area contributed by atoms with Crippen molar-refractivity contribution < 1.29 is 0 Å². The molecule has 0 aliphatic rings. The van der Waals surface area contributed by atoms with Crippen molar-refractivity contribution in [2.45, 2.75) is 13.1 Å². The lowest BCUT2D eigenvalue weighted by Gasteiger charge is -2.26. The molecule has 0 atom stereocenters. The van der Waals surface area contributed by atoms with Gasteiger partial charge in [-0.15, -0.1) is 0 Å². The third kappa shape index (κ3) is 5.53. The first kappa shape index (κ1) is 18.8. The van der Waals surface area contributed by atoms with Crippen molar-refractivity contribution in [3.63, 3.8) is 0 Å². The number of anilines is 1. The van der Waals surface area contributed by atoms with Gasteiger partial charge in [-0.25, -0.2) is 0 Å². The topological polar surface area (TPSA) is 28.2 Å². The zero-order valence-corrected chi connectivity index (χ0v) is 17.1. The molecule has 0 aliphatic heterocycles. The summed E-state index contributed by atoms with van der Waals surface area (Å²) in [6, 6.07) is 19.7. The highest BCUT2D eigenvalue weighted by atomic mass is 79.9. The molecule has 3 rings (SSSR count). The van der Waals surface area contributed by atoms with Gasteiger partial charge in [-0.3, -0.25) is 4.98 Å². The maximum absolute atomic E-state index is 6.13. The molecule has 2 aromatic carbocycles. The summed E-state index contributed by atoms with van der Waals surface area (Å²) in [5.74, 6) is 0. The number of benzene rings is 2. The fraction of sp³-hybridized carbons (Fsp3) is 0.100. The molecule has 0 amide bonds. The molecule has 132 valence electrons. The Hall–Kier alpha value is -1.95. The second-order valence-corrected chi connectivity index (χ2v) is 7.52. The third-order valence-electron chi connectivity index (χ3n) is 3.74. The summed E-state index contributed by atoms with van der Waals surface area (Å²) in [5, 5.41) is 4.67. The monoisotopic (exact) mass is 445 g/mol. The SMILES string of the molecule is S=C(Nc1ccc(Br)cc1)N(Cc1cccnc1)Cc1cccc(Cl)c1. The van der Waals surface area contributed by atoms with E-state index in [-0.39, 0.29) is 0 Å². The second kappa shape index (κ2) is 9.12. The number of nitrogens with one attached hydrogen (secondary N) is 1. The van der Waals surface area contributed by atoms with E-state index in [0.717, 1.165) is 26.3 Å². The first-order chi connectivity index (χ1) is 12.6. The minimum Gasteiger partial charge on any atom is -0.340 e. The minimum absolute atomic E-state index is 0.649. The van der Waals surface area contributed by atoms with E-state index in [1.807, 2.05) is 66.9 Å². The predicted octanol–water partition coefficient (Wildman–Crippen LogP) is 5.90. The Morgan fingerprint density at radius 2 is 1.77 bits per heavy atom. The largest absolute Gasteiger partial charge is 0.340 e. The number of thiocarbonyl (C=S) groups is 1. The van der Waals surface area contributed by atoms with Crippen LogP contribution in [0.15, 0.2) is 77.5 Å². The molecule has 3 aromatic rings. The van der Waals surface area contributed by atoms with E-state index >= 15 is 0 Å². The number of hydrogen-bond acceptors (Lipinski definition) is 2. The standard InChI is InChI=1S/C20H17BrClN3S/c21-17-6-8-19(9-7-17)24-20(26)25(14-16-4-2-10-23-12-16)13-15-3-1-5-18(22)11-15/h1-12H,13-14H2,(H,24,26). The Bertz CT molecular complexity index is 872. The average Bonchev–Trinajstić information content (AvgIpc) is 2.64. The van der Waals surface area contributed by atoms with Crippen LogP contribution in [0.1, 0.15) is 11.1 Å². The van der Waals surface area contributed by atoms with Crippen LogP contribution in [-0.2, 0) is 13.1 Å². The Morgan fingerprint density at radius 1 is 1.04 bits per heavy atom. The molecule has 0 fully saturated rings.